The van der Waals surface area contributed by atoms with E-state index < -0.39 is 0 Å². The number of fused-ring (bicyclic) bond motifs is 2. The van der Waals surface area contributed by atoms with Crippen LogP contribution in [-0.2, 0) is 5.75 Å². The van der Waals surface area contributed by atoms with Crippen LogP contribution in [0.4, 0.5) is 11.5 Å². The Kier molecular flexibility index (Phi) is 4.49. The number of nitrogens with zero attached hydrogens (tertiary/aromatic N) is 4. The van der Waals surface area contributed by atoms with E-state index in [4.69, 9.17) is 5.73 Å². The molecule has 0 spiro atoms. The number of rotatable bonds is 4. The molecule has 1 aliphatic rings. The van der Waals surface area contributed by atoms with E-state index in [1.165, 1.54) is 16.9 Å². The van der Waals surface area contributed by atoms with Crippen LogP contribution >= 0.6 is 23.1 Å². The minimum atomic E-state index is -0.365. The number of hydrogen-bond acceptors (Lipinski definition) is 7. The zero-order chi connectivity index (χ0) is 19.8. The maximum Gasteiger partial charge on any atom is 0.283 e. The zero-order valence-corrected chi connectivity index (χ0v) is 16.8. The van der Waals surface area contributed by atoms with Crippen LogP contribution in [0.15, 0.2) is 68.7 Å². The third kappa shape index (κ3) is 3.37. The summed E-state index contributed by atoms with van der Waals surface area (Å²) in [7, 11) is 0. The van der Waals surface area contributed by atoms with Crippen LogP contribution in [0.2, 0.25) is 0 Å². The van der Waals surface area contributed by atoms with Crippen LogP contribution in [0.5, 0.6) is 0 Å². The van der Waals surface area contributed by atoms with Crippen molar-refractivity contribution in [2.24, 2.45) is 4.99 Å². The first kappa shape index (κ1) is 17.8. The van der Waals surface area contributed by atoms with Crippen LogP contribution in [0.25, 0.3) is 16.6 Å². The van der Waals surface area contributed by atoms with Crippen LogP contribution in [-0.4, -0.2) is 20.8 Å². The highest BCUT2D eigenvalue weighted by molar-refractivity contribution is 8.00. The van der Waals surface area contributed by atoms with Gasteiger partial charge in [0, 0.05) is 23.1 Å². The quantitative estimate of drug-likeness (QED) is 0.501. The molecule has 5 rings (SSSR count). The molecule has 1 aliphatic heterocycles. The Labute approximate surface area is 174 Å². The molecule has 0 radical (unpaired) electrons. The molecule has 2 N–H and O–H groups in total. The van der Waals surface area contributed by atoms with Gasteiger partial charge < -0.3 is 5.73 Å². The Bertz CT molecular complexity index is 1340. The molecule has 0 unspecified atom stereocenters. The average Bonchev–Trinajstić information content (AvgIpc) is 3.34. The van der Waals surface area contributed by atoms with Gasteiger partial charge >= 0.3 is 0 Å². The molecule has 2 aromatic heterocycles. The Morgan fingerprint density at radius 3 is 2.76 bits per heavy atom. The van der Waals surface area contributed by atoms with Crippen LogP contribution < -0.4 is 11.3 Å². The van der Waals surface area contributed by atoms with Crippen molar-refractivity contribution in [2.75, 3.05) is 5.73 Å². The van der Waals surface area contributed by atoms with Crippen molar-refractivity contribution in [3.63, 3.8) is 0 Å². The van der Waals surface area contributed by atoms with Gasteiger partial charge in [0.05, 0.1) is 11.3 Å². The normalized spacial score (nSPS) is 14.0. The molecule has 8 heteroatoms. The van der Waals surface area contributed by atoms with E-state index in [-0.39, 0.29) is 11.4 Å². The summed E-state index contributed by atoms with van der Waals surface area (Å²) in [5.41, 5.74) is 10.1. The van der Waals surface area contributed by atoms with Crippen molar-refractivity contribution in [1.82, 2.24) is 14.6 Å². The Balaban J connectivity index is 1.51. The molecule has 0 atom stereocenters. The topological polar surface area (TPSA) is 85.6 Å². The van der Waals surface area contributed by atoms with Gasteiger partial charge in [0.2, 0.25) is 4.96 Å². The second kappa shape index (κ2) is 7.31. The third-order valence-electron chi connectivity index (χ3n) is 4.54. The highest BCUT2D eigenvalue weighted by atomic mass is 32.2. The molecule has 6 nitrogen and oxygen atoms in total. The van der Waals surface area contributed by atoms with Crippen molar-refractivity contribution in [3.05, 3.63) is 81.6 Å². The first-order valence-corrected chi connectivity index (χ1v) is 10.7. The van der Waals surface area contributed by atoms with Crippen LogP contribution in [0.1, 0.15) is 16.7 Å². The Hall–Kier alpha value is -3.23. The molecule has 29 heavy (non-hydrogen) atoms. The number of anilines is 1. The lowest BCUT2D eigenvalue weighted by Crippen LogP contribution is -2.16. The molecule has 0 saturated carbocycles. The molecule has 2 aromatic carbocycles. The molecule has 3 heterocycles. The van der Waals surface area contributed by atoms with Crippen molar-refractivity contribution in [3.8, 4) is 0 Å². The summed E-state index contributed by atoms with van der Waals surface area (Å²) < 4.78 is 2.36. The van der Waals surface area contributed by atoms with E-state index in [1.807, 2.05) is 42.5 Å². The molecule has 142 valence electrons. The van der Waals surface area contributed by atoms with E-state index in [1.54, 1.807) is 28.6 Å². The maximum atomic E-state index is 12.6. The van der Waals surface area contributed by atoms with Gasteiger partial charge in [-0.2, -0.15) is 9.50 Å². The molecule has 0 fully saturated rings. The largest absolute Gasteiger partial charge is 0.383 e. The van der Waals surface area contributed by atoms with Gasteiger partial charge in [-0.25, -0.2) is 0 Å². The molecule has 0 bridgehead atoms. The predicted octanol–water partition coefficient (Wildman–Crippen LogP) is 4.28. The van der Waals surface area contributed by atoms with Gasteiger partial charge in [0.25, 0.3) is 5.56 Å². The number of aromatic nitrogens is 3. The van der Waals surface area contributed by atoms with Crippen LogP contribution in [0.3, 0.4) is 0 Å². The van der Waals surface area contributed by atoms with Gasteiger partial charge in [-0.05, 0) is 17.7 Å². The third-order valence-corrected chi connectivity index (χ3v) is 6.65. The number of nitrogen functional groups attached to an aromatic ring is 1. The molecule has 4 aromatic rings. The monoisotopic (exact) mass is 417 g/mol. The second-order valence-electron chi connectivity index (χ2n) is 6.43. The summed E-state index contributed by atoms with van der Waals surface area (Å²) in [4.78, 5) is 21.7. The number of benzene rings is 2. The molecule has 0 aliphatic carbocycles. The fourth-order valence-electron chi connectivity index (χ4n) is 3.09. The lowest BCUT2D eigenvalue weighted by Gasteiger charge is -2.03. The minimum absolute atomic E-state index is 0.285. The molecule has 0 saturated heterocycles. The maximum absolute atomic E-state index is 12.6. The smallest absolute Gasteiger partial charge is 0.283 e. The number of nitrogens with two attached hydrogens (primary N) is 1. The summed E-state index contributed by atoms with van der Waals surface area (Å²) in [5.74, 6) is 1.07. The van der Waals surface area contributed by atoms with Crippen molar-refractivity contribution >= 4 is 57.4 Å². The van der Waals surface area contributed by atoms with Gasteiger partial charge in [0.15, 0.2) is 4.34 Å². The van der Waals surface area contributed by atoms with E-state index >= 15 is 0 Å². The predicted molar refractivity (Wildman–Crippen MR) is 120 cm³/mol. The first-order valence-electron chi connectivity index (χ1n) is 8.90. The van der Waals surface area contributed by atoms with Crippen molar-refractivity contribution < 1.29 is 0 Å². The fourth-order valence-corrected chi connectivity index (χ4v) is 4.98. The lowest BCUT2D eigenvalue weighted by molar-refractivity contribution is 0.894. The van der Waals surface area contributed by atoms with Gasteiger partial charge in [0.1, 0.15) is 5.82 Å². The lowest BCUT2D eigenvalue weighted by atomic mass is 10.1. The Morgan fingerprint density at radius 2 is 1.90 bits per heavy atom. The summed E-state index contributed by atoms with van der Waals surface area (Å²) >= 11 is 2.96. The number of para-hydroxylation sites is 1. The molecule has 0 amide bonds. The minimum Gasteiger partial charge on any atom is -0.383 e. The molecular formula is C21H15N5OS2. The highest BCUT2D eigenvalue weighted by Crippen LogP contribution is 2.33. The number of hydrogen-bond donors (Lipinski definition) is 1. The average molecular weight is 418 g/mol. The fraction of sp³-hybridized carbons (Fsp3) is 0.0476. The van der Waals surface area contributed by atoms with Gasteiger partial charge in [-0.3, -0.25) is 9.79 Å². The second-order valence-corrected chi connectivity index (χ2v) is 8.61. The summed E-state index contributed by atoms with van der Waals surface area (Å²) in [6.07, 6.45) is 3.48. The first-order chi connectivity index (χ1) is 14.2. The standard InChI is InChI=1S/C21H15N5OS2/c22-18-16(10-14-11-23-17-9-5-4-8-15(14)17)19(27)24-20-26(18)25-21(29-20)28-12-13-6-2-1-3-7-13/h1-11H,12,22H2/b14-10+. The van der Waals surface area contributed by atoms with Crippen molar-refractivity contribution in [1.29, 1.82) is 0 Å². The number of aliphatic imine (C=N–C) groups is 1. The van der Waals surface area contributed by atoms with Gasteiger partial charge in [-0.15, -0.1) is 5.10 Å². The van der Waals surface area contributed by atoms with Crippen molar-refractivity contribution in [2.45, 2.75) is 10.1 Å². The van der Waals surface area contributed by atoms with E-state index in [0.29, 0.717) is 10.5 Å². The van der Waals surface area contributed by atoms with Crippen LogP contribution in [0, 0.1) is 0 Å². The highest BCUT2D eigenvalue weighted by Gasteiger charge is 2.17. The number of thioether (sulfide) groups is 1. The zero-order valence-electron chi connectivity index (χ0n) is 15.1. The van der Waals surface area contributed by atoms with E-state index in [0.717, 1.165) is 26.9 Å². The SMILES string of the molecule is Nc1c(/C=C2\C=Nc3ccccc32)c(=O)nc2sc(SCc3ccccc3)nn12. The van der Waals surface area contributed by atoms with E-state index in [2.05, 4.69) is 27.2 Å². The molecular weight excluding hydrogens is 402 g/mol. The summed E-state index contributed by atoms with van der Waals surface area (Å²) in [6, 6.07) is 17.9. The van der Waals surface area contributed by atoms with Gasteiger partial charge in [-0.1, -0.05) is 71.6 Å². The van der Waals surface area contributed by atoms with E-state index in [9.17, 15) is 4.79 Å². The Morgan fingerprint density at radius 1 is 1.10 bits per heavy atom. The summed E-state index contributed by atoms with van der Waals surface area (Å²) in [5, 5.41) is 4.56. The summed E-state index contributed by atoms with van der Waals surface area (Å²) in [6.45, 7) is 0. The number of allylic oxidation sites excluding steroid dienone is 1.